The summed E-state index contributed by atoms with van der Waals surface area (Å²) < 4.78 is 0. The molecule has 4 heteroatoms. The minimum atomic E-state index is -0.378. The molecule has 3 rings (SSSR count). The first kappa shape index (κ1) is 18.6. The van der Waals surface area contributed by atoms with Crippen molar-refractivity contribution < 1.29 is 4.79 Å². The fourth-order valence-corrected chi connectivity index (χ4v) is 3.26. The van der Waals surface area contributed by atoms with E-state index in [1.165, 1.54) is 0 Å². The van der Waals surface area contributed by atoms with Gasteiger partial charge in [0.1, 0.15) is 0 Å². The number of aromatic nitrogens is 1. The van der Waals surface area contributed by atoms with Gasteiger partial charge in [-0.15, -0.1) is 0 Å². The summed E-state index contributed by atoms with van der Waals surface area (Å²) in [6.07, 6.45) is 3.44. The number of anilines is 2. The maximum atomic E-state index is 13.1. The summed E-state index contributed by atoms with van der Waals surface area (Å²) in [5.41, 5.74) is 3.84. The van der Waals surface area contributed by atoms with Crippen LogP contribution in [0.2, 0.25) is 0 Å². The van der Waals surface area contributed by atoms with Crippen LogP contribution in [0.4, 0.5) is 11.4 Å². The van der Waals surface area contributed by atoms with Gasteiger partial charge in [0, 0.05) is 36.9 Å². The minimum Gasteiger partial charge on any atom is -0.372 e. The number of hydrogen-bond acceptors (Lipinski definition) is 3. The molecule has 0 aliphatic carbocycles. The zero-order valence-electron chi connectivity index (χ0n) is 15.8. The first-order chi connectivity index (χ1) is 13.2. The Morgan fingerprint density at radius 3 is 2.07 bits per heavy atom. The fraction of sp³-hybridized carbons (Fsp3) is 0.217. The second-order valence-electron chi connectivity index (χ2n) is 6.33. The smallest absolute Gasteiger partial charge is 0.236 e. The second-order valence-corrected chi connectivity index (χ2v) is 6.33. The lowest BCUT2D eigenvalue weighted by molar-refractivity contribution is -0.116. The molecule has 3 aromatic rings. The Morgan fingerprint density at radius 2 is 1.48 bits per heavy atom. The van der Waals surface area contributed by atoms with E-state index in [1.807, 2.05) is 66.7 Å². The van der Waals surface area contributed by atoms with Gasteiger partial charge < -0.3 is 10.2 Å². The van der Waals surface area contributed by atoms with Crippen LogP contribution in [0.3, 0.4) is 0 Å². The minimum absolute atomic E-state index is 0.0528. The number of nitrogens with zero attached hydrogens (tertiary/aromatic N) is 2. The predicted octanol–water partition coefficient (Wildman–Crippen LogP) is 4.70. The molecule has 1 aromatic heterocycles. The Morgan fingerprint density at radius 1 is 0.889 bits per heavy atom. The topological polar surface area (TPSA) is 45.2 Å². The number of rotatable bonds is 7. The number of amides is 1. The highest BCUT2D eigenvalue weighted by atomic mass is 16.1. The van der Waals surface area contributed by atoms with E-state index in [0.717, 1.165) is 35.6 Å². The third kappa shape index (κ3) is 4.53. The molecule has 0 bridgehead atoms. The number of hydrogen-bond donors (Lipinski definition) is 1. The average Bonchev–Trinajstić information content (AvgIpc) is 2.72. The van der Waals surface area contributed by atoms with Crippen molar-refractivity contribution in [1.82, 2.24) is 4.98 Å². The highest BCUT2D eigenvalue weighted by Crippen LogP contribution is 2.26. The molecule has 1 heterocycles. The van der Waals surface area contributed by atoms with Crippen LogP contribution in [0, 0.1) is 0 Å². The van der Waals surface area contributed by atoms with Crippen LogP contribution >= 0.6 is 0 Å². The molecule has 138 valence electrons. The van der Waals surface area contributed by atoms with Crippen molar-refractivity contribution in [2.24, 2.45) is 0 Å². The van der Waals surface area contributed by atoms with Crippen LogP contribution in [0.1, 0.15) is 30.9 Å². The summed E-state index contributed by atoms with van der Waals surface area (Å²) in [6.45, 7) is 6.19. The van der Waals surface area contributed by atoms with E-state index in [2.05, 4.69) is 29.0 Å². The quantitative estimate of drug-likeness (QED) is 0.665. The SMILES string of the molecule is CCN(CC)c1ccc(NC(=O)C(c2ccccc2)c2ccncc2)cc1. The summed E-state index contributed by atoms with van der Waals surface area (Å²) in [7, 11) is 0. The zero-order chi connectivity index (χ0) is 19.1. The van der Waals surface area contributed by atoms with Gasteiger partial charge in [0.2, 0.25) is 5.91 Å². The van der Waals surface area contributed by atoms with Crippen molar-refractivity contribution in [2.45, 2.75) is 19.8 Å². The molecule has 0 radical (unpaired) electrons. The Bertz CT molecular complexity index is 804. The van der Waals surface area contributed by atoms with E-state index < -0.39 is 0 Å². The lowest BCUT2D eigenvalue weighted by Crippen LogP contribution is -2.23. The van der Waals surface area contributed by atoms with Crippen molar-refractivity contribution in [3.8, 4) is 0 Å². The van der Waals surface area contributed by atoms with Crippen molar-refractivity contribution in [1.29, 1.82) is 0 Å². The van der Waals surface area contributed by atoms with Gasteiger partial charge >= 0.3 is 0 Å². The summed E-state index contributed by atoms with van der Waals surface area (Å²) in [6, 6.07) is 21.6. The summed E-state index contributed by atoms with van der Waals surface area (Å²) >= 11 is 0. The van der Waals surface area contributed by atoms with E-state index in [9.17, 15) is 4.79 Å². The Kier molecular flexibility index (Phi) is 6.21. The van der Waals surface area contributed by atoms with Crippen LogP contribution in [-0.2, 0) is 4.79 Å². The third-order valence-corrected chi connectivity index (χ3v) is 4.70. The molecule has 0 saturated heterocycles. The highest BCUT2D eigenvalue weighted by Gasteiger charge is 2.22. The number of benzene rings is 2. The predicted molar refractivity (Wildman–Crippen MR) is 111 cm³/mol. The van der Waals surface area contributed by atoms with Crippen LogP contribution in [0.5, 0.6) is 0 Å². The lowest BCUT2D eigenvalue weighted by atomic mass is 9.91. The molecule has 0 spiro atoms. The van der Waals surface area contributed by atoms with E-state index in [-0.39, 0.29) is 11.8 Å². The molecule has 0 fully saturated rings. The molecule has 4 nitrogen and oxygen atoms in total. The van der Waals surface area contributed by atoms with Crippen LogP contribution in [0.25, 0.3) is 0 Å². The normalized spacial score (nSPS) is 11.6. The molecule has 1 unspecified atom stereocenters. The van der Waals surface area contributed by atoms with Crippen LogP contribution in [0.15, 0.2) is 79.1 Å². The Balaban J connectivity index is 1.83. The molecule has 27 heavy (non-hydrogen) atoms. The molecule has 1 amide bonds. The van der Waals surface area contributed by atoms with Crippen LogP contribution in [-0.4, -0.2) is 24.0 Å². The number of pyridine rings is 1. The third-order valence-electron chi connectivity index (χ3n) is 4.70. The molecule has 0 saturated carbocycles. The van der Waals surface area contributed by atoms with Gasteiger partial charge in [-0.05, 0) is 61.4 Å². The van der Waals surface area contributed by atoms with E-state index in [1.54, 1.807) is 12.4 Å². The van der Waals surface area contributed by atoms with Crippen molar-refractivity contribution in [3.63, 3.8) is 0 Å². The molecule has 1 atom stereocenters. The van der Waals surface area contributed by atoms with Gasteiger partial charge in [-0.3, -0.25) is 9.78 Å². The van der Waals surface area contributed by atoms with E-state index in [4.69, 9.17) is 0 Å². The fourth-order valence-electron chi connectivity index (χ4n) is 3.26. The number of nitrogens with one attached hydrogen (secondary N) is 1. The van der Waals surface area contributed by atoms with E-state index >= 15 is 0 Å². The molecule has 0 aliphatic heterocycles. The van der Waals surface area contributed by atoms with Crippen molar-refractivity contribution in [2.75, 3.05) is 23.3 Å². The Labute approximate surface area is 160 Å². The lowest BCUT2D eigenvalue weighted by Gasteiger charge is -2.21. The van der Waals surface area contributed by atoms with Gasteiger partial charge in [0.05, 0.1) is 5.92 Å². The monoisotopic (exact) mass is 359 g/mol. The first-order valence-corrected chi connectivity index (χ1v) is 9.33. The first-order valence-electron chi connectivity index (χ1n) is 9.33. The second kappa shape index (κ2) is 8.99. The van der Waals surface area contributed by atoms with Crippen LogP contribution < -0.4 is 10.2 Å². The average molecular weight is 359 g/mol. The number of carbonyl (C=O) groups is 1. The largest absolute Gasteiger partial charge is 0.372 e. The van der Waals surface area contributed by atoms with Gasteiger partial charge in [0.15, 0.2) is 0 Å². The molecular formula is C23H25N3O. The van der Waals surface area contributed by atoms with Crippen molar-refractivity contribution >= 4 is 17.3 Å². The van der Waals surface area contributed by atoms with Crippen molar-refractivity contribution in [3.05, 3.63) is 90.3 Å². The van der Waals surface area contributed by atoms with Gasteiger partial charge in [0.25, 0.3) is 0 Å². The highest BCUT2D eigenvalue weighted by molar-refractivity contribution is 5.98. The van der Waals surface area contributed by atoms with E-state index in [0.29, 0.717) is 0 Å². The Hall–Kier alpha value is -3.14. The molecular weight excluding hydrogens is 334 g/mol. The maximum Gasteiger partial charge on any atom is 0.236 e. The summed E-state index contributed by atoms with van der Waals surface area (Å²) in [5.74, 6) is -0.431. The van der Waals surface area contributed by atoms with Gasteiger partial charge in [-0.2, -0.15) is 0 Å². The molecule has 1 N–H and O–H groups in total. The molecule has 2 aromatic carbocycles. The summed E-state index contributed by atoms with van der Waals surface area (Å²) in [5, 5.41) is 3.06. The number of carbonyl (C=O) groups excluding carboxylic acids is 1. The van der Waals surface area contributed by atoms with Gasteiger partial charge in [-0.1, -0.05) is 30.3 Å². The molecule has 0 aliphatic rings. The standard InChI is InChI=1S/C23H25N3O/c1-3-26(4-2)21-12-10-20(11-13-21)25-23(27)22(18-8-6-5-7-9-18)19-14-16-24-17-15-19/h5-17,22H,3-4H2,1-2H3,(H,25,27). The summed E-state index contributed by atoms with van der Waals surface area (Å²) in [4.78, 5) is 19.4. The zero-order valence-corrected chi connectivity index (χ0v) is 15.8. The van der Waals surface area contributed by atoms with Gasteiger partial charge in [-0.25, -0.2) is 0 Å². The maximum absolute atomic E-state index is 13.1.